The van der Waals surface area contributed by atoms with E-state index < -0.39 is 0 Å². The monoisotopic (exact) mass is 360 g/mol. The zero-order valence-corrected chi connectivity index (χ0v) is 16.1. The molecule has 27 heavy (non-hydrogen) atoms. The number of carbonyl (C=O) groups excluding carboxylic acids is 1. The molecular formula is C22H24N4O. The zero-order chi connectivity index (χ0) is 19.4. The van der Waals surface area contributed by atoms with Crippen molar-refractivity contribution in [1.82, 2.24) is 9.97 Å². The van der Waals surface area contributed by atoms with Gasteiger partial charge in [0.25, 0.3) is 5.91 Å². The molecule has 2 aromatic carbocycles. The smallest absolute Gasteiger partial charge is 0.274 e. The van der Waals surface area contributed by atoms with Crippen molar-refractivity contribution in [3.63, 3.8) is 0 Å². The molecule has 138 valence electrons. The molecule has 0 aliphatic carbocycles. The van der Waals surface area contributed by atoms with Gasteiger partial charge in [-0.05, 0) is 51.0 Å². The zero-order valence-electron chi connectivity index (χ0n) is 16.1. The lowest BCUT2D eigenvalue weighted by Gasteiger charge is -2.11. The molecule has 0 spiro atoms. The maximum absolute atomic E-state index is 12.6. The summed E-state index contributed by atoms with van der Waals surface area (Å²) in [5.74, 6) is 0.202. The van der Waals surface area contributed by atoms with Crippen LogP contribution in [0.15, 0.2) is 48.5 Å². The number of rotatable bonds is 5. The Bertz CT molecular complexity index is 982. The highest BCUT2D eigenvalue weighted by molar-refractivity contribution is 6.03. The van der Waals surface area contributed by atoms with Crippen LogP contribution in [0.4, 0.5) is 11.6 Å². The Balaban J connectivity index is 1.75. The van der Waals surface area contributed by atoms with Gasteiger partial charge in [0.2, 0.25) is 5.95 Å². The molecule has 3 rings (SSSR count). The summed E-state index contributed by atoms with van der Waals surface area (Å²) < 4.78 is 0. The first-order chi connectivity index (χ1) is 12.9. The highest BCUT2D eigenvalue weighted by Gasteiger charge is 2.12. The Kier molecular flexibility index (Phi) is 5.50. The van der Waals surface area contributed by atoms with Gasteiger partial charge in [-0.1, -0.05) is 47.5 Å². The van der Waals surface area contributed by atoms with Gasteiger partial charge in [0.05, 0.1) is 0 Å². The van der Waals surface area contributed by atoms with Crippen molar-refractivity contribution in [3.05, 3.63) is 82.2 Å². The lowest BCUT2D eigenvalue weighted by atomic mass is 10.1. The van der Waals surface area contributed by atoms with Gasteiger partial charge in [0.1, 0.15) is 5.69 Å². The maximum Gasteiger partial charge on any atom is 0.274 e. The SMILES string of the molecule is Cc1cccc(CNc2nc(C)cc(C(=O)Nc3ccc(C)cc3C)n2)c1. The fraction of sp³-hybridized carbons (Fsp3) is 0.227. The Morgan fingerprint density at radius 1 is 0.926 bits per heavy atom. The van der Waals surface area contributed by atoms with Gasteiger partial charge < -0.3 is 10.6 Å². The molecule has 2 N–H and O–H groups in total. The summed E-state index contributed by atoms with van der Waals surface area (Å²) in [6, 6.07) is 15.8. The molecule has 0 aliphatic heterocycles. The molecule has 0 saturated carbocycles. The van der Waals surface area contributed by atoms with Crippen molar-refractivity contribution >= 4 is 17.5 Å². The summed E-state index contributed by atoms with van der Waals surface area (Å²) in [5.41, 5.74) is 6.39. The van der Waals surface area contributed by atoms with Crippen molar-refractivity contribution in [3.8, 4) is 0 Å². The van der Waals surface area contributed by atoms with E-state index in [-0.39, 0.29) is 5.91 Å². The van der Waals surface area contributed by atoms with Crippen LogP contribution in [-0.4, -0.2) is 15.9 Å². The van der Waals surface area contributed by atoms with Crippen LogP contribution in [0.2, 0.25) is 0 Å². The van der Waals surface area contributed by atoms with Crippen LogP contribution in [0.3, 0.4) is 0 Å². The summed E-state index contributed by atoms with van der Waals surface area (Å²) in [6.45, 7) is 8.51. The number of anilines is 2. The fourth-order valence-electron chi connectivity index (χ4n) is 2.91. The molecule has 1 amide bonds. The van der Waals surface area contributed by atoms with Crippen molar-refractivity contribution in [1.29, 1.82) is 0 Å². The van der Waals surface area contributed by atoms with Crippen molar-refractivity contribution in [2.24, 2.45) is 0 Å². The molecule has 1 heterocycles. The second-order valence-corrected chi connectivity index (χ2v) is 6.83. The van der Waals surface area contributed by atoms with E-state index in [9.17, 15) is 4.79 Å². The number of nitrogens with zero attached hydrogens (tertiary/aromatic N) is 2. The van der Waals surface area contributed by atoms with Gasteiger partial charge in [-0.25, -0.2) is 9.97 Å². The second kappa shape index (κ2) is 7.99. The Hall–Kier alpha value is -3.21. The van der Waals surface area contributed by atoms with Crippen molar-refractivity contribution in [2.75, 3.05) is 10.6 Å². The Labute approximate surface area is 159 Å². The number of aromatic nitrogens is 2. The third-order valence-corrected chi connectivity index (χ3v) is 4.25. The van der Waals surface area contributed by atoms with E-state index in [4.69, 9.17) is 0 Å². The van der Waals surface area contributed by atoms with E-state index in [1.54, 1.807) is 6.07 Å². The van der Waals surface area contributed by atoms with Crippen molar-refractivity contribution in [2.45, 2.75) is 34.2 Å². The standard InChI is InChI=1S/C22H24N4O/c1-14-6-5-7-18(11-14)13-23-22-24-17(4)12-20(26-22)21(27)25-19-9-8-15(2)10-16(19)3/h5-12H,13H2,1-4H3,(H,25,27)(H,23,24,26). The van der Waals surface area contributed by atoms with Crippen molar-refractivity contribution < 1.29 is 4.79 Å². The molecule has 5 heteroatoms. The molecule has 0 aliphatic rings. The molecule has 0 atom stereocenters. The van der Waals surface area contributed by atoms with Crippen LogP contribution in [0, 0.1) is 27.7 Å². The minimum Gasteiger partial charge on any atom is -0.350 e. The predicted molar refractivity (Wildman–Crippen MR) is 109 cm³/mol. The molecule has 0 bridgehead atoms. The lowest BCUT2D eigenvalue weighted by Crippen LogP contribution is -2.16. The summed E-state index contributed by atoms with van der Waals surface area (Å²) in [4.78, 5) is 21.4. The average Bonchev–Trinajstić information content (AvgIpc) is 2.62. The number of hydrogen-bond donors (Lipinski definition) is 2. The molecular weight excluding hydrogens is 336 g/mol. The van der Waals surface area contributed by atoms with E-state index in [1.807, 2.05) is 51.1 Å². The van der Waals surface area contributed by atoms with E-state index in [0.717, 1.165) is 28.1 Å². The molecule has 0 saturated heterocycles. The fourth-order valence-corrected chi connectivity index (χ4v) is 2.91. The number of hydrogen-bond acceptors (Lipinski definition) is 4. The van der Waals surface area contributed by atoms with Gasteiger partial charge in [0, 0.05) is 17.9 Å². The third-order valence-electron chi connectivity index (χ3n) is 4.25. The summed E-state index contributed by atoms with van der Waals surface area (Å²) >= 11 is 0. The average molecular weight is 360 g/mol. The lowest BCUT2D eigenvalue weighted by molar-refractivity contribution is 0.102. The molecule has 0 fully saturated rings. The number of nitrogens with one attached hydrogen (secondary N) is 2. The number of aryl methyl sites for hydroxylation is 4. The van der Waals surface area contributed by atoms with Crippen LogP contribution in [0.5, 0.6) is 0 Å². The highest BCUT2D eigenvalue weighted by atomic mass is 16.1. The van der Waals surface area contributed by atoms with Crippen LogP contribution in [-0.2, 0) is 6.54 Å². The first-order valence-electron chi connectivity index (χ1n) is 8.94. The number of carbonyl (C=O) groups is 1. The molecule has 3 aromatic rings. The van der Waals surface area contributed by atoms with Crippen LogP contribution >= 0.6 is 0 Å². The van der Waals surface area contributed by atoms with Gasteiger partial charge in [-0.2, -0.15) is 0 Å². The van der Waals surface area contributed by atoms with E-state index in [0.29, 0.717) is 18.2 Å². The largest absolute Gasteiger partial charge is 0.350 e. The number of benzene rings is 2. The molecule has 0 radical (unpaired) electrons. The summed E-state index contributed by atoms with van der Waals surface area (Å²) in [7, 11) is 0. The third kappa shape index (κ3) is 4.91. The quantitative estimate of drug-likeness (QED) is 0.699. The first kappa shape index (κ1) is 18.6. The Morgan fingerprint density at radius 2 is 1.70 bits per heavy atom. The minimum atomic E-state index is -0.244. The summed E-state index contributed by atoms with van der Waals surface area (Å²) in [5, 5.41) is 6.14. The van der Waals surface area contributed by atoms with E-state index in [2.05, 4.69) is 39.7 Å². The summed E-state index contributed by atoms with van der Waals surface area (Å²) in [6.07, 6.45) is 0. The number of amides is 1. The predicted octanol–water partition coefficient (Wildman–Crippen LogP) is 4.57. The second-order valence-electron chi connectivity index (χ2n) is 6.83. The van der Waals surface area contributed by atoms with Gasteiger partial charge in [-0.3, -0.25) is 4.79 Å². The van der Waals surface area contributed by atoms with Crippen LogP contribution < -0.4 is 10.6 Å². The van der Waals surface area contributed by atoms with Crippen LogP contribution in [0.25, 0.3) is 0 Å². The van der Waals surface area contributed by atoms with Crippen LogP contribution in [0.1, 0.15) is 38.4 Å². The molecule has 5 nitrogen and oxygen atoms in total. The van der Waals surface area contributed by atoms with Gasteiger partial charge in [0.15, 0.2) is 0 Å². The first-order valence-corrected chi connectivity index (χ1v) is 8.94. The van der Waals surface area contributed by atoms with Gasteiger partial charge in [-0.15, -0.1) is 0 Å². The van der Waals surface area contributed by atoms with Gasteiger partial charge >= 0.3 is 0 Å². The van der Waals surface area contributed by atoms with E-state index in [1.165, 1.54) is 5.56 Å². The molecule has 1 aromatic heterocycles. The van der Waals surface area contributed by atoms with E-state index >= 15 is 0 Å². The maximum atomic E-state index is 12.6. The minimum absolute atomic E-state index is 0.244. The topological polar surface area (TPSA) is 66.9 Å². The Morgan fingerprint density at radius 3 is 2.44 bits per heavy atom. The normalized spacial score (nSPS) is 10.5. The molecule has 0 unspecified atom stereocenters. The highest BCUT2D eigenvalue weighted by Crippen LogP contribution is 2.17.